The molecule has 7 nitrogen and oxygen atoms in total. The number of likely N-dealkylation sites (tertiary alicyclic amines) is 1. The molecule has 1 aromatic rings. The highest BCUT2D eigenvalue weighted by Gasteiger charge is 2.23. The van der Waals surface area contributed by atoms with Gasteiger partial charge in [-0.25, -0.2) is 4.99 Å². The Morgan fingerprint density at radius 3 is 2.73 bits per heavy atom. The van der Waals surface area contributed by atoms with Crippen molar-refractivity contribution in [3.8, 4) is 0 Å². The molecule has 1 aliphatic rings. The fourth-order valence-corrected chi connectivity index (χ4v) is 3.40. The monoisotopic (exact) mass is 531 g/mol. The molecule has 30 heavy (non-hydrogen) atoms. The Labute approximate surface area is 198 Å². The van der Waals surface area contributed by atoms with Crippen molar-refractivity contribution in [3.63, 3.8) is 0 Å². The molecule has 1 unspecified atom stereocenters. The number of rotatable bonds is 9. The summed E-state index contributed by atoms with van der Waals surface area (Å²) >= 11 is 0. The average Bonchev–Trinajstić information content (AvgIpc) is 2.70. The Hall–Kier alpha value is -1.39. The van der Waals surface area contributed by atoms with Gasteiger partial charge in [-0.1, -0.05) is 24.3 Å². The zero-order valence-electron chi connectivity index (χ0n) is 18.7. The van der Waals surface area contributed by atoms with Gasteiger partial charge in [0.25, 0.3) is 0 Å². The number of benzene rings is 1. The van der Waals surface area contributed by atoms with Crippen LogP contribution < -0.4 is 16.4 Å². The third kappa shape index (κ3) is 9.18. The van der Waals surface area contributed by atoms with Gasteiger partial charge >= 0.3 is 0 Å². The molecule has 1 atom stereocenters. The van der Waals surface area contributed by atoms with Gasteiger partial charge in [-0.3, -0.25) is 9.69 Å². The van der Waals surface area contributed by atoms with Gasteiger partial charge in [0, 0.05) is 33.3 Å². The Bertz CT molecular complexity index is 696. The number of halogens is 1. The fraction of sp³-hybridized carbons (Fsp3) is 0.636. The van der Waals surface area contributed by atoms with Crippen LogP contribution in [0.15, 0.2) is 29.3 Å². The molecule has 1 aliphatic heterocycles. The number of hydrogen-bond acceptors (Lipinski definition) is 4. The second kappa shape index (κ2) is 13.1. The van der Waals surface area contributed by atoms with Gasteiger partial charge < -0.3 is 21.1 Å². The predicted molar refractivity (Wildman–Crippen MR) is 133 cm³/mol. The topological polar surface area (TPSA) is 92.0 Å². The molecule has 1 aromatic carbocycles. The van der Waals surface area contributed by atoms with Gasteiger partial charge in [-0.05, 0) is 51.3 Å². The van der Waals surface area contributed by atoms with Gasteiger partial charge in [-0.2, -0.15) is 0 Å². The molecule has 1 fully saturated rings. The van der Waals surface area contributed by atoms with Crippen molar-refractivity contribution in [1.82, 2.24) is 15.5 Å². The molecule has 1 heterocycles. The Morgan fingerprint density at radius 1 is 1.33 bits per heavy atom. The first-order valence-electron chi connectivity index (χ1n) is 10.5. The summed E-state index contributed by atoms with van der Waals surface area (Å²) in [5, 5.41) is 6.62. The molecule has 0 aromatic heterocycles. The zero-order chi connectivity index (χ0) is 21.3. The van der Waals surface area contributed by atoms with Gasteiger partial charge in [0.2, 0.25) is 5.91 Å². The van der Waals surface area contributed by atoms with Gasteiger partial charge in [0.1, 0.15) is 0 Å². The molecular weight excluding hydrogens is 493 g/mol. The quantitative estimate of drug-likeness (QED) is 0.259. The number of hydrogen-bond donors (Lipinski definition) is 3. The lowest BCUT2D eigenvalue weighted by Gasteiger charge is -2.31. The summed E-state index contributed by atoms with van der Waals surface area (Å²) in [6.45, 7) is 10.8. The molecule has 8 heteroatoms. The van der Waals surface area contributed by atoms with Crippen molar-refractivity contribution < 1.29 is 9.53 Å². The maximum absolute atomic E-state index is 11.5. The number of guanidine groups is 1. The minimum absolute atomic E-state index is 0. The lowest BCUT2D eigenvalue weighted by molar-refractivity contribution is -0.123. The van der Waals surface area contributed by atoms with Gasteiger partial charge in [0.15, 0.2) is 5.96 Å². The first-order chi connectivity index (χ1) is 13.8. The van der Waals surface area contributed by atoms with E-state index in [1.807, 2.05) is 13.8 Å². The van der Waals surface area contributed by atoms with Crippen LogP contribution in [0.25, 0.3) is 0 Å². The molecule has 170 valence electrons. The van der Waals surface area contributed by atoms with Crippen LogP contribution in [0.5, 0.6) is 0 Å². The number of primary amides is 1. The van der Waals surface area contributed by atoms with E-state index < -0.39 is 0 Å². The minimum Gasteiger partial charge on any atom is -0.377 e. The second-order valence-electron chi connectivity index (χ2n) is 8.31. The highest BCUT2D eigenvalue weighted by Crippen LogP contribution is 2.19. The number of piperidine rings is 1. The summed E-state index contributed by atoms with van der Waals surface area (Å²) in [6.07, 6.45) is 1.92. The van der Waals surface area contributed by atoms with Crippen LogP contribution in [-0.2, 0) is 22.6 Å². The normalized spacial score (nSPS) is 17.9. The lowest BCUT2D eigenvalue weighted by Crippen LogP contribution is -2.45. The van der Waals surface area contributed by atoms with Crippen LogP contribution in [0.1, 0.15) is 44.7 Å². The largest absolute Gasteiger partial charge is 0.377 e. The summed E-state index contributed by atoms with van der Waals surface area (Å²) < 4.78 is 5.46. The van der Waals surface area contributed by atoms with Crippen LogP contribution in [-0.4, -0.2) is 55.7 Å². The standard InChI is InChI=1S/C22H37N5O2.HI/c1-5-24-21(26-16-22(2,3)29-4)25-13-17-8-6-9-18(12-17)14-27-11-7-10-19(15-27)20(23)28;/h6,8-9,12,19H,5,7,10-11,13-16H2,1-4H3,(H2,23,28)(H2,24,25,26);1H. The van der Waals surface area contributed by atoms with Crippen molar-refractivity contribution in [2.75, 3.05) is 33.3 Å². The van der Waals surface area contributed by atoms with Crippen LogP contribution in [0, 0.1) is 5.92 Å². The number of nitrogens with two attached hydrogens (primary N) is 1. The van der Waals surface area contributed by atoms with E-state index in [-0.39, 0.29) is 41.4 Å². The zero-order valence-corrected chi connectivity index (χ0v) is 21.1. The third-order valence-corrected chi connectivity index (χ3v) is 5.30. The van der Waals surface area contributed by atoms with E-state index in [1.165, 1.54) is 5.56 Å². The smallest absolute Gasteiger partial charge is 0.221 e. The molecule has 1 saturated heterocycles. The Morgan fingerprint density at radius 2 is 2.07 bits per heavy atom. The number of amides is 1. The Balaban J connectivity index is 0.00000450. The van der Waals surface area contributed by atoms with Crippen LogP contribution in [0.2, 0.25) is 0 Å². The van der Waals surface area contributed by atoms with Crippen molar-refractivity contribution in [2.45, 2.75) is 52.3 Å². The highest BCUT2D eigenvalue weighted by atomic mass is 127. The summed E-state index contributed by atoms with van der Waals surface area (Å²) in [4.78, 5) is 18.5. The number of nitrogens with zero attached hydrogens (tertiary/aromatic N) is 2. The van der Waals surface area contributed by atoms with Crippen LogP contribution in [0.4, 0.5) is 0 Å². The van der Waals surface area contributed by atoms with E-state index in [4.69, 9.17) is 15.5 Å². The van der Waals surface area contributed by atoms with E-state index in [2.05, 4.69) is 46.7 Å². The maximum atomic E-state index is 11.5. The molecule has 0 spiro atoms. The summed E-state index contributed by atoms with van der Waals surface area (Å²) in [7, 11) is 1.71. The lowest BCUT2D eigenvalue weighted by atomic mass is 9.97. The number of ether oxygens (including phenoxy) is 1. The van der Waals surface area contributed by atoms with Crippen molar-refractivity contribution in [3.05, 3.63) is 35.4 Å². The van der Waals surface area contributed by atoms with E-state index in [0.717, 1.165) is 50.5 Å². The SMILES string of the molecule is CCNC(=NCc1cccc(CN2CCCC(C(N)=O)C2)c1)NCC(C)(C)OC.I. The van der Waals surface area contributed by atoms with Crippen LogP contribution >= 0.6 is 24.0 Å². The van der Waals surface area contributed by atoms with Crippen molar-refractivity contribution in [2.24, 2.45) is 16.6 Å². The minimum atomic E-state index is -0.257. The van der Waals surface area contributed by atoms with Crippen LogP contribution in [0.3, 0.4) is 0 Å². The van der Waals surface area contributed by atoms with Crippen molar-refractivity contribution >= 4 is 35.8 Å². The molecule has 0 bridgehead atoms. The Kier molecular flexibility index (Phi) is 11.6. The predicted octanol–water partition coefficient (Wildman–Crippen LogP) is 2.48. The molecule has 1 amide bonds. The molecule has 0 aliphatic carbocycles. The fourth-order valence-electron chi connectivity index (χ4n) is 3.40. The number of carbonyl (C=O) groups is 1. The molecular formula is C22H38IN5O2. The van der Waals surface area contributed by atoms with E-state index in [0.29, 0.717) is 13.1 Å². The number of aliphatic imine (C=N–C) groups is 1. The molecule has 0 saturated carbocycles. The number of methoxy groups -OCH3 is 1. The van der Waals surface area contributed by atoms with Crippen molar-refractivity contribution in [1.29, 1.82) is 0 Å². The van der Waals surface area contributed by atoms with Gasteiger partial charge in [-0.15, -0.1) is 24.0 Å². The summed E-state index contributed by atoms with van der Waals surface area (Å²) in [6, 6.07) is 8.49. The van der Waals surface area contributed by atoms with E-state index >= 15 is 0 Å². The molecule has 2 rings (SSSR count). The maximum Gasteiger partial charge on any atom is 0.221 e. The summed E-state index contributed by atoms with van der Waals surface area (Å²) in [5.41, 5.74) is 7.64. The van der Waals surface area contributed by atoms with Gasteiger partial charge in [0.05, 0.1) is 18.1 Å². The third-order valence-electron chi connectivity index (χ3n) is 5.30. The summed E-state index contributed by atoms with van der Waals surface area (Å²) in [5.74, 6) is 0.572. The first kappa shape index (κ1) is 26.6. The molecule has 4 N–H and O–H groups in total. The van der Waals surface area contributed by atoms with E-state index in [9.17, 15) is 4.79 Å². The van der Waals surface area contributed by atoms with E-state index in [1.54, 1.807) is 7.11 Å². The number of nitrogens with one attached hydrogen (secondary N) is 2. The average molecular weight is 531 g/mol. The second-order valence-corrected chi connectivity index (χ2v) is 8.31. The highest BCUT2D eigenvalue weighted by molar-refractivity contribution is 14.0. The molecule has 0 radical (unpaired) electrons. The number of carbonyl (C=O) groups excluding carboxylic acids is 1. The first-order valence-corrected chi connectivity index (χ1v) is 10.5.